The monoisotopic (exact) mass is 456 g/mol. The first-order chi connectivity index (χ1) is 13.2. The van der Waals surface area contributed by atoms with Gasteiger partial charge in [-0.05, 0) is 18.2 Å². The van der Waals surface area contributed by atoms with Crippen molar-refractivity contribution in [2.24, 2.45) is 0 Å². The second-order valence-corrected chi connectivity index (χ2v) is 6.30. The molecule has 0 aliphatic rings. The summed E-state index contributed by atoms with van der Waals surface area (Å²) in [5, 5.41) is 12.5. The van der Waals surface area contributed by atoms with Gasteiger partial charge in [-0.3, -0.25) is 0 Å². The smallest absolute Gasteiger partial charge is 0.143 e. The van der Waals surface area contributed by atoms with Crippen LogP contribution in [0.4, 0.5) is 4.39 Å². The molecule has 1 aromatic heterocycles. The van der Waals surface area contributed by atoms with Gasteiger partial charge in [0.2, 0.25) is 0 Å². The number of hydrogen-bond donors (Lipinski definition) is 2. The highest BCUT2D eigenvalue weighted by atomic mass is 35.5. The number of ether oxygens (including phenoxy) is 1. The van der Waals surface area contributed by atoms with Crippen molar-refractivity contribution in [3.8, 4) is 11.8 Å². The van der Waals surface area contributed by atoms with E-state index < -0.39 is 5.82 Å². The minimum absolute atomic E-state index is 0. The number of hydrogen-bond acceptors (Lipinski definition) is 4. The normalized spacial score (nSPS) is 10.9. The number of benzene rings is 2. The van der Waals surface area contributed by atoms with Crippen LogP contribution >= 0.6 is 36.4 Å². The number of halogens is 4. The fourth-order valence-corrected chi connectivity index (χ4v) is 2.82. The molecular weight excluding hydrogens is 438 g/mol. The van der Waals surface area contributed by atoms with E-state index in [1.54, 1.807) is 12.4 Å². The molecule has 5 nitrogen and oxygen atoms in total. The highest BCUT2D eigenvalue weighted by Gasteiger charge is 2.17. The topological polar surface area (TPSA) is 73.7 Å². The van der Waals surface area contributed by atoms with Gasteiger partial charge in [-0.2, -0.15) is 5.26 Å². The van der Waals surface area contributed by atoms with Crippen LogP contribution in [0.2, 0.25) is 5.02 Å². The number of imidazole rings is 1. The van der Waals surface area contributed by atoms with Crippen molar-refractivity contribution in [2.75, 3.05) is 6.54 Å². The first kappa shape index (κ1) is 24.7. The fraction of sp³-hybridized carbons (Fsp3) is 0.200. The third-order valence-electron chi connectivity index (χ3n) is 4.01. The summed E-state index contributed by atoms with van der Waals surface area (Å²) >= 11 is 5.87. The molecule has 0 spiro atoms. The number of rotatable bonds is 8. The summed E-state index contributed by atoms with van der Waals surface area (Å²) in [4.78, 5) is 7.20. The Morgan fingerprint density at radius 1 is 1.24 bits per heavy atom. The summed E-state index contributed by atoms with van der Waals surface area (Å²) < 4.78 is 19.7. The Hall–Kier alpha value is -2.30. The Balaban J connectivity index is 0.00000210. The van der Waals surface area contributed by atoms with Crippen LogP contribution in [0.15, 0.2) is 54.9 Å². The molecule has 0 aliphatic heterocycles. The molecule has 1 heterocycles. The zero-order valence-electron chi connectivity index (χ0n) is 15.3. The average Bonchev–Trinajstić information content (AvgIpc) is 3.21. The first-order valence-corrected chi connectivity index (χ1v) is 8.85. The highest BCUT2D eigenvalue weighted by Crippen LogP contribution is 2.31. The SMILES string of the molecule is Cl.Cl.N#Cc1cc(F)c(Cl)cc1O[C@H](CCNCc1ncc[nH]1)c1ccccc1. The number of aromatic nitrogens is 2. The van der Waals surface area contributed by atoms with Crippen molar-refractivity contribution in [1.82, 2.24) is 15.3 Å². The van der Waals surface area contributed by atoms with Crippen molar-refractivity contribution in [3.05, 3.63) is 82.6 Å². The molecule has 3 aromatic rings. The number of H-pyrrole nitrogens is 1. The molecule has 0 radical (unpaired) electrons. The molecular formula is C20H20Cl3FN4O. The minimum Gasteiger partial charge on any atom is -0.484 e. The van der Waals surface area contributed by atoms with Crippen LogP contribution in [0.3, 0.4) is 0 Å². The molecule has 1 atom stereocenters. The Bertz CT molecular complexity index is 917. The van der Waals surface area contributed by atoms with E-state index in [0.29, 0.717) is 19.5 Å². The van der Waals surface area contributed by atoms with E-state index in [9.17, 15) is 9.65 Å². The highest BCUT2D eigenvalue weighted by molar-refractivity contribution is 6.30. The average molecular weight is 458 g/mol. The standard InChI is InChI=1S/C20H18ClFN4O.2ClH/c21-16-11-19(15(12-23)10-17(16)22)27-18(14-4-2-1-3-5-14)6-7-24-13-20-25-8-9-26-20;;/h1-5,8-11,18,24H,6-7,13H2,(H,25,26);2*1H/t18-;;/m1../s1. The molecule has 0 saturated heterocycles. The van der Waals surface area contributed by atoms with E-state index in [-0.39, 0.29) is 47.3 Å². The summed E-state index contributed by atoms with van der Waals surface area (Å²) in [5.41, 5.74) is 1.07. The van der Waals surface area contributed by atoms with Gasteiger partial charge in [-0.1, -0.05) is 41.9 Å². The Morgan fingerprint density at radius 2 is 2.00 bits per heavy atom. The van der Waals surface area contributed by atoms with E-state index in [1.165, 1.54) is 6.07 Å². The van der Waals surface area contributed by atoms with Crippen molar-refractivity contribution in [2.45, 2.75) is 19.1 Å². The van der Waals surface area contributed by atoms with Crippen molar-refractivity contribution in [3.63, 3.8) is 0 Å². The fourth-order valence-electron chi connectivity index (χ4n) is 2.66. The number of aromatic amines is 1. The van der Waals surface area contributed by atoms with Crippen molar-refractivity contribution < 1.29 is 9.13 Å². The maximum absolute atomic E-state index is 13.6. The summed E-state index contributed by atoms with van der Waals surface area (Å²) in [6.07, 6.45) is 3.80. The minimum atomic E-state index is -0.642. The van der Waals surface area contributed by atoms with Crippen LogP contribution in [0.1, 0.15) is 29.5 Å². The van der Waals surface area contributed by atoms with E-state index in [4.69, 9.17) is 16.3 Å². The lowest BCUT2D eigenvalue weighted by Gasteiger charge is -2.21. The molecule has 29 heavy (non-hydrogen) atoms. The van der Waals surface area contributed by atoms with Gasteiger partial charge in [-0.15, -0.1) is 24.8 Å². The summed E-state index contributed by atoms with van der Waals surface area (Å²) in [5.74, 6) is 0.477. The number of nitriles is 1. The first-order valence-electron chi connectivity index (χ1n) is 8.47. The summed E-state index contributed by atoms with van der Waals surface area (Å²) in [6, 6.07) is 14.1. The third kappa shape index (κ3) is 6.91. The van der Waals surface area contributed by atoms with E-state index >= 15 is 0 Å². The maximum Gasteiger partial charge on any atom is 0.143 e. The number of nitrogens with one attached hydrogen (secondary N) is 2. The Morgan fingerprint density at radius 3 is 2.66 bits per heavy atom. The molecule has 0 aliphatic carbocycles. The van der Waals surface area contributed by atoms with E-state index in [0.717, 1.165) is 17.5 Å². The van der Waals surface area contributed by atoms with Gasteiger partial charge in [0.1, 0.15) is 29.6 Å². The molecule has 2 aromatic carbocycles. The van der Waals surface area contributed by atoms with Gasteiger partial charge < -0.3 is 15.0 Å². The lowest BCUT2D eigenvalue weighted by molar-refractivity contribution is 0.193. The summed E-state index contributed by atoms with van der Waals surface area (Å²) in [7, 11) is 0. The molecule has 0 bridgehead atoms. The molecule has 3 rings (SSSR count). The van der Waals surface area contributed by atoms with Crippen molar-refractivity contribution >= 4 is 36.4 Å². The van der Waals surface area contributed by atoms with E-state index in [1.807, 2.05) is 36.4 Å². The van der Waals surface area contributed by atoms with Crippen molar-refractivity contribution in [1.29, 1.82) is 5.26 Å². The van der Waals surface area contributed by atoms with Gasteiger partial charge in [0.15, 0.2) is 0 Å². The quantitative estimate of drug-likeness (QED) is 0.455. The Labute approximate surface area is 186 Å². The van der Waals surface area contributed by atoms with Crippen LogP contribution in [0, 0.1) is 17.1 Å². The molecule has 0 amide bonds. The molecule has 9 heteroatoms. The zero-order chi connectivity index (χ0) is 19.1. The maximum atomic E-state index is 13.6. The lowest BCUT2D eigenvalue weighted by Crippen LogP contribution is -2.20. The van der Waals surface area contributed by atoms with Gasteiger partial charge in [-0.25, -0.2) is 9.37 Å². The molecule has 2 N–H and O–H groups in total. The molecule has 0 saturated carbocycles. The molecule has 0 fully saturated rings. The van der Waals surface area contributed by atoms with Crippen LogP contribution in [-0.4, -0.2) is 16.5 Å². The number of nitrogens with zero attached hydrogens (tertiary/aromatic N) is 2. The lowest BCUT2D eigenvalue weighted by atomic mass is 10.1. The zero-order valence-corrected chi connectivity index (χ0v) is 17.7. The van der Waals surface area contributed by atoms with E-state index in [2.05, 4.69) is 15.3 Å². The van der Waals surface area contributed by atoms with Crippen LogP contribution in [-0.2, 0) is 6.54 Å². The Kier molecular flexibility index (Phi) is 10.5. The van der Waals surface area contributed by atoms with Crippen LogP contribution in [0.5, 0.6) is 5.75 Å². The second kappa shape index (κ2) is 12.3. The molecule has 0 unspecified atom stereocenters. The van der Waals surface area contributed by atoms with Gasteiger partial charge in [0.25, 0.3) is 0 Å². The van der Waals surface area contributed by atoms with Gasteiger partial charge in [0.05, 0.1) is 17.1 Å². The largest absolute Gasteiger partial charge is 0.484 e. The summed E-state index contributed by atoms with van der Waals surface area (Å²) in [6.45, 7) is 1.28. The van der Waals surface area contributed by atoms with Gasteiger partial charge >= 0.3 is 0 Å². The molecule has 154 valence electrons. The third-order valence-corrected chi connectivity index (χ3v) is 4.30. The predicted molar refractivity (Wildman–Crippen MR) is 115 cm³/mol. The second-order valence-electron chi connectivity index (χ2n) is 5.89. The predicted octanol–water partition coefficient (Wildman–Crippen LogP) is 5.22. The van der Waals surface area contributed by atoms with Crippen LogP contribution in [0.25, 0.3) is 0 Å². The van der Waals surface area contributed by atoms with Gasteiger partial charge in [0, 0.05) is 24.9 Å². The van der Waals surface area contributed by atoms with Crippen LogP contribution < -0.4 is 10.1 Å².